The van der Waals surface area contributed by atoms with Gasteiger partial charge in [0.1, 0.15) is 5.75 Å². The molecule has 2 heterocycles. The van der Waals surface area contributed by atoms with Gasteiger partial charge in [-0.2, -0.15) is 0 Å². The second kappa shape index (κ2) is 10.5. The van der Waals surface area contributed by atoms with Crippen molar-refractivity contribution < 1.29 is 14.5 Å². The Bertz CT molecular complexity index is 1290. The molecule has 0 bridgehead atoms. The van der Waals surface area contributed by atoms with Crippen LogP contribution in [-0.4, -0.2) is 50.2 Å². The van der Waals surface area contributed by atoms with Gasteiger partial charge < -0.3 is 19.9 Å². The first-order valence-electron chi connectivity index (χ1n) is 12.7. The van der Waals surface area contributed by atoms with Crippen LogP contribution >= 0.6 is 0 Å². The maximum atomic E-state index is 13.6. The number of fused-ring (bicyclic) bond motifs is 3. The first kappa shape index (κ1) is 24.6. The maximum absolute atomic E-state index is 13.6. The van der Waals surface area contributed by atoms with Crippen molar-refractivity contribution in [3.05, 3.63) is 93.5 Å². The van der Waals surface area contributed by atoms with Crippen molar-refractivity contribution in [1.29, 1.82) is 0 Å². The zero-order valence-electron chi connectivity index (χ0n) is 21.2. The number of methoxy groups -OCH3 is 1. The fourth-order valence-corrected chi connectivity index (χ4v) is 5.57. The minimum Gasteiger partial charge on any atom is -0.496 e. The number of nitrogens with one attached hydrogen (secondary N) is 1. The van der Waals surface area contributed by atoms with Gasteiger partial charge in [0, 0.05) is 49.7 Å². The Labute approximate surface area is 217 Å². The quantitative estimate of drug-likeness (QED) is 0.388. The zero-order valence-corrected chi connectivity index (χ0v) is 21.2. The van der Waals surface area contributed by atoms with E-state index in [2.05, 4.69) is 46.3 Å². The van der Waals surface area contributed by atoms with Crippen molar-refractivity contribution >= 4 is 23.0 Å². The molecule has 0 aromatic heterocycles. The smallest absolute Gasteiger partial charge is 0.269 e. The zero-order chi connectivity index (χ0) is 25.9. The Balaban J connectivity index is 1.38. The Morgan fingerprint density at radius 2 is 1.89 bits per heavy atom. The molecular formula is C29H32N4O4. The van der Waals surface area contributed by atoms with Crippen molar-refractivity contribution in [1.82, 2.24) is 5.32 Å². The lowest BCUT2D eigenvalue weighted by atomic mass is 9.83. The van der Waals surface area contributed by atoms with E-state index in [0.717, 1.165) is 41.3 Å². The molecule has 8 heteroatoms. The number of nitrogens with zero attached hydrogens (tertiary/aromatic N) is 3. The van der Waals surface area contributed by atoms with Crippen LogP contribution < -0.4 is 19.9 Å². The van der Waals surface area contributed by atoms with Gasteiger partial charge in [0.2, 0.25) is 5.91 Å². The molecule has 0 spiro atoms. The van der Waals surface area contributed by atoms with E-state index in [-0.39, 0.29) is 28.5 Å². The number of nitro groups is 1. The number of anilines is 2. The molecule has 3 aromatic rings. The van der Waals surface area contributed by atoms with Gasteiger partial charge >= 0.3 is 0 Å². The van der Waals surface area contributed by atoms with Gasteiger partial charge in [0.25, 0.3) is 5.69 Å². The van der Waals surface area contributed by atoms with Crippen LogP contribution in [0.2, 0.25) is 0 Å². The summed E-state index contributed by atoms with van der Waals surface area (Å²) in [7, 11) is 1.65. The fraction of sp³-hybridized carbons (Fsp3) is 0.345. The van der Waals surface area contributed by atoms with Gasteiger partial charge in [-0.05, 0) is 55.2 Å². The molecule has 5 rings (SSSR count). The molecule has 1 fully saturated rings. The number of rotatable bonds is 7. The third-order valence-electron chi connectivity index (χ3n) is 7.53. The van der Waals surface area contributed by atoms with Gasteiger partial charge in [0.15, 0.2) is 0 Å². The number of amides is 1. The lowest BCUT2D eigenvalue weighted by Gasteiger charge is -2.49. The van der Waals surface area contributed by atoms with Gasteiger partial charge in [-0.25, -0.2) is 0 Å². The number of hydrogen-bond donors (Lipinski definition) is 1. The Morgan fingerprint density at radius 3 is 2.65 bits per heavy atom. The molecule has 2 atom stereocenters. The molecule has 192 valence electrons. The van der Waals surface area contributed by atoms with Crippen LogP contribution in [0.3, 0.4) is 0 Å². The van der Waals surface area contributed by atoms with E-state index in [1.807, 2.05) is 30.3 Å². The Kier molecular flexibility index (Phi) is 6.99. The predicted octanol–water partition coefficient (Wildman–Crippen LogP) is 4.14. The number of piperazine rings is 1. The van der Waals surface area contributed by atoms with Crippen molar-refractivity contribution in [3.63, 3.8) is 0 Å². The van der Waals surface area contributed by atoms with Crippen molar-refractivity contribution in [2.75, 3.05) is 43.1 Å². The molecule has 0 aliphatic carbocycles. The number of carbonyl (C=O) groups is 1. The maximum Gasteiger partial charge on any atom is 0.269 e. The van der Waals surface area contributed by atoms with Gasteiger partial charge in [-0.3, -0.25) is 14.9 Å². The van der Waals surface area contributed by atoms with E-state index in [0.29, 0.717) is 25.9 Å². The first-order valence-corrected chi connectivity index (χ1v) is 12.7. The lowest BCUT2D eigenvalue weighted by molar-refractivity contribution is -0.384. The van der Waals surface area contributed by atoms with E-state index < -0.39 is 0 Å². The summed E-state index contributed by atoms with van der Waals surface area (Å²) in [6.07, 6.45) is 1.13. The fourth-order valence-electron chi connectivity index (χ4n) is 5.57. The summed E-state index contributed by atoms with van der Waals surface area (Å²) in [4.78, 5) is 29.3. The van der Waals surface area contributed by atoms with Gasteiger partial charge in [-0.15, -0.1) is 0 Å². The molecule has 1 saturated heterocycles. The van der Waals surface area contributed by atoms with E-state index >= 15 is 0 Å². The van der Waals surface area contributed by atoms with E-state index in [9.17, 15) is 14.9 Å². The third-order valence-corrected chi connectivity index (χ3v) is 7.53. The number of para-hydroxylation sites is 1. The molecule has 2 aliphatic rings. The largest absolute Gasteiger partial charge is 0.496 e. The summed E-state index contributed by atoms with van der Waals surface area (Å²) in [5, 5.41) is 14.6. The van der Waals surface area contributed by atoms with Crippen LogP contribution in [0.5, 0.6) is 5.75 Å². The lowest BCUT2D eigenvalue weighted by Crippen LogP contribution is -2.61. The molecule has 0 saturated carbocycles. The highest BCUT2D eigenvalue weighted by Gasteiger charge is 2.42. The third kappa shape index (κ3) is 5.09. The SMILES string of the molecule is COc1ccccc1CCNC(=O)[C@@H]1Cc2cc([N+](=O)[O-])ccc2N2CCN(c3ccc(C)cc3)C[C@@H]12. The van der Waals surface area contributed by atoms with E-state index in [1.54, 1.807) is 19.2 Å². The predicted molar refractivity (Wildman–Crippen MR) is 145 cm³/mol. The highest BCUT2D eigenvalue weighted by molar-refractivity contribution is 5.82. The number of non-ortho nitro benzene ring substituents is 1. The molecule has 0 unspecified atom stereocenters. The minimum atomic E-state index is -0.371. The summed E-state index contributed by atoms with van der Waals surface area (Å²) in [5.41, 5.74) is 5.32. The molecule has 0 radical (unpaired) electrons. The van der Waals surface area contributed by atoms with Crippen LogP contribution in [0.15, 0.2) is 66.7 Å². The van der Waals surface area contributed by atoms with Crippen LogP contribution in [0.1, 0.15) is 16.7 Å². The number of nitro benzene ring substituents is 1. The van der Waals surface area contributed by atoms with Crippen molar-refractivity contribution in [2.24, 2.45) is 5.92 Å². The monoisotopic (exact) mass is 500 g/mol. The summed E-state index contributed by atoms with van der Waals surface area (Å²) >= 11 is 0. The van der Waals surface area contributed by atoms with E-state index in [4.69, 9.17) is 4.74 Å². The van der Waals surface area contributed by atoms with Crippen LogP contribution in [-0.2, 0) is 17.6 Å². The Morgan fingerprint density at radius 1 is 1.11 bits per heavy atom. The average Bonchev–Trinajstić information content (AvgIpc) is 2.92. The molecule has 3 aromatic carbocycles. The molecule has 2 aliphatic heterocycles. The van der Waals surface area contributed by atoms with Gasteiger partial charge in [0.05, 0.1) is 24.0 Å². The number of carbonyl (C=O) groups excluding carboxylic acids is 1. The highest BCUT2D eigenvalue weighted by Crippen LogP contribution is 2.38. The summed E-state index contributed by atoms with van der Waals surface area (Å²) in [6, 6.07) is 21.3. The molecule has 1 N–H and O–H groups in total. The minimum absolute atomic E-state index is 0.0205. The number of ether oxygens (including phenoxy) is 1. The first-order chi connectivity index (χ1) is 17.9. The summed E-state index contributed by atoms with van der Waals surface area (Å²) < 4.78 is 5.44. The number of hydrogen-bond acceptors (Lipinski definition) is 6. The molecule has 37 heavy (non-hydrogen) atoms. The molecule has 1 amide bonds. The van der Waals surface area contributed by atoms with Crippen LogP contribution in [0.4, 0.5) is 17.1 Å². The second-order valence-electron chi connectivity index (χ2n) is 9.78. The van der Waals surface area contributed by atoms with Gasteiger partial charge in [-0.1, -0.05) is 35.9 Å². The van der Waals surface area contributed by atoms with Crippen molar-refractivity contribution in [3.8, 4) is 5.75 Å². The molecular weight excluding hydrogens is 468 g/mol. The second-order valence-corrected chi connectivity index (χ2v) is 9.78. The standard InChI is InChI=1S/C29H32N4O4/c1-20-7-9-23(10-8-20)31-15-16-32-26-12-11-24(33(35)36)17-22(26)18-25(27(32)19-31)29(34)30-14-13-21-5-3-4-6-28(21)37-2/h3-12,17,25,27H,13-16,18-19H2,1-2H3,(H,30,34)/t25-,27+/m1/s1. The highest BCUT2D eigenvalue weighted by atomic mass is 16.6. The van der Waals surface area contributed by atoms with Crippen LogP contribution in [0, 0.1) is 23.0 Å². The topological polar surface area (TPSA) is 87.9 Å². The Hall–Kier alpha value is -4.07. The number of aryl methyl sites for hydroxylation is 1. The average molecular weight is 501 g/mol. The van der Waals surface area contributed by atoms with Crippen molar-refractivity contribution in [2.45, 2.75) is 25.8 Å². The summed E-state index contributed by atoms with van der Waals surface area (Å²) in [5.74, 6) is 0.469. The van der Waals surface area contributed by atoms with Crippen LogP contribution in [0.25, 0.3) is 0 Å². The summed E-state index contributed by atoms with van der Waals surface area (Å²) in [6.45, 7) is 4.84. The van der Waals surface area contributed by atoms with E-state index in [1.165, 1.54) is 5.56 Å². The normalized spacial score (nSPS) is 18.5. The number of benzene rings is 3. The molecule has 8 nitrogen and oxygen atoms in total.